The maximum atomic E-state index is 14.5. The van der Waals surface area contributed by atoms with Crippen LogP contribution < -0.4 is 10.6 Å². The first-order valence-electron chi connectivity index (χ1n) is 14.4. The highest BCUT2D eigenvalue weighted by molar-refractivity contribution is 5.93. The van der Waals surface area contributed by atoms with E-state index in [0.29, 0.717) is 11.1 Å². The first-order valence-corrected chi connectivity index (χ1v) is 14.4. The number of ether oxygens (including phenoxy) is 1. The van der Waals surface area contributed by atoms with Gasteiger partial charge in [0, 0.05) is 24.1 Å². The van der Waals surface area contributed by atoms with E-state index >= 15 is 0 Å². The van der Waals surface area contributed by atoms with Gasteiger partial charge in [0.05, 0.1) is 0 Å². The van der Waals surface area contributed by atoms with Crippen LogP contribution in [0.3, 0.4) is 0 Å². The highest BCUT2D eigenvalue weighted by Crippen LogP contribution is 2.38. The molecule has 2 aromatic rings. The number of carbonyl (C=O) groups is 3. The minimum absolute atomic E-state index is 0.0115. The van der Waals surface area contributed by atoms with E-state index in [9.17, 15) is 19.5 Å². The molecule has 8 nitrogen and oxygen atoms in total. The maximum Gasteiger partial charge on any atom is 0.408 e. The summed E-state index contributed by atoms with van der Waals surface area (Å²) in [5.41, 5.74) is 1.10. The SMILES string of the molecule is CCCC(C)NC(=O)C(c1cccc(C)c1O)N(C(=O)C(Cc1ccccc1)NC(=O)OC(C)(C)C)C1CCC1. The fourth-order valence-electron chi connectivity index (χ4n) is 5.01. The molecule has 3 amide bonds. The molecule has 3 unspecified atom stereocenters. The van der Waals surface area contributed by atoms with Crippen molar-refractivity contribution < 1.29 is 24.2 Å². The zero-order valence-electron chi connectivity index (χ0n) is 24.7. The smallest absolute Gasteiger partial charge is 0.408 e. The average Bonchev–Trinajstić information content (AvgIpc) is 2.83. The first-order chi connectivity index (χ1) is 18.9. The van der Waals surface area contributed by atoms with E-state index in [-0.39, 0.29) is 36.1 Å². The van der Waals surface area contributed by atoms with Gasteiger partial charge in [-0.25, -0.2) is 4.79 Å². The summed E-state index contributed by atoms with van der Waals surface area (Å²) in [4.78, 5) is 42.9. The zero-order chi connectivity index (χ0) is 29.4. The molecule has 1 fully saturated rings. The second kappa shape index (κ2) is 13.7. The molecule has 0 spiro atoms. The number of phenols is 1. The number of phenolic OH excluding ortho intramolecular Hbond substituents is 1. The molecule has 3 rings (SSSR count). The van der Waals surface area contributed by atoms with Crippen molar-refractivity contribution in [3.05, 3.63) is 65.2 Å². The van der Waals surface area contributed by atoms with E-state index < -0.39 is 23.8 Å². The number of rotatable bonds is 11. The first kappa shape index (κ1) is 31.0. The zero-order valence-corrected chi connectivity index (χ0v) is 24.7. The van der Waals surface area contributed by atoms with E-state index in [1.165, 1.54) is 0 Å². The number of alkyl carbamates (subject to hydrolysis) is 1. The van der Waals surface area contributed by atoms with E-state index in [1.54, 1.807) is 50.8 Å². The largest absolute Gasteiger partial charge is 0.507 e. The van der Waals surface area contributed by atoms with Gasteiger partial charge in [0.15, 0.2) is 0 Å². The highest BCUT2D eigenvalue weighted by Gasteiger charge is 2.43. The van der Waals surface area contributed by atoms with Crippen molar-refractivity contribution >= 4 is 17.9 Å². The van der Waals surface area contributed by atoms with Crippen molar-refractivity contribution in [3.63, 3.8) is 0 Å². The van der Waals surface area contributed by atoms with Gasteiger partial charge < -0.3 is 25.4 Å². The Kier molecular flexibility index (Phi) is 10.6. The third-order valence-corrected chi connectivity index (χ3v) is 7.19. The van der Waals surface area contributed by atoms with E-state index in [1.807, 2.05) is 44.2 Å². The number of benzene rings is 2. The van der Waals surface area contributed by atoms with Crippen LogP contribution >= 0.6 is 0 Å². The van der Waals surface area contributed by atoms with Gasteiger partial charge in [-0.1, -0.05) is 61.9 Å². The minimum atomic E-state index is -1.06. The lowest BCUT2D eigenvalue weighted by Gasteiger charge is -2.44. The van der Waals surface area contributed by atoms with E-state index in [2.05, 4.69) is 10.6 Å². The Bertz CT molecular complexity index is 1160. The second-order valence-corrected chi connectivity index (χ2v) is 11.8. The number of para-hydroxylation sites is 1. The Morgan fingerprint density at radius 1 is 1.05 bits per heavy atom. The molecule has 1 aliphatic carbocycles. The molecule has 1 aliphatic rings. The summed E-state index contributed by atoms with van der Waals surface area (Å²) >= 11 is 0. The van der Waals surface area contributed by atoms with Gasteiger partial charge >= 0.3 is 6.09 Å². The molecule has 0 heterocycles. The molecule has 0 aromatic heterocycles. The van der Waals surface area contributed by atoms with Gasteiger partial charge in [0.2, 0.25) is 11.8 Å². The van der Waals surface area contributed by atoms with Crippen molar-refractivity contribution in [1.82, 2.24) is 15.5 Å². The topological polar surface area (TPSA) is 108 Å². The van der Waals surface area contributed by atoms with Crippen molar-refractivity contribution in [2.45, 2.75) is 110 Å². The Morgan fingerprint density at radius 3 is 2.30 bits per heavy atom. The van der Waals surface area contributed by atoms with Crippen LogP contribution in [0, 0.1) is 6.92 Å². The van der Waals surface area contributed by atoms with Crippen LogP contribution in [0.15, 0.2) is 48.5 Å². The predicted molar refractivity (Wildman–Crippen MR) is 156 cm³/mol. The fourth-order valence-corrected chi connectivity index (χ4v) is 5.01. The number of nitrogens with zero attached hydrogens (tertiary/aromatic N) is 1. The summed E-state index contributed by atoms with van der Waals surface area (Å²) in [6, 6.07) is 12.3. The monoisotopic (exact) mass is 551 g/mol. The maximum absolute atomic E-state index is 14.5. The lowest BCUT2D eigenvalue weighted by molar-refractivity contribution is -0.147. The molecule has 8 heteroatoms. The molecular formula is C32H45N3O5. The summed E-state index contributed by atoms with van der Waals surface area (Å²) in [5.74, 6) is -0.746. The van der Waals surface area contributed by atoms with Crippen LogP contribution in [0.4, 0.5) is 4.79 Å². The Hall–Kier alpha value is -3.55. The molecule has 2 aromatic carbocycles. The number of aryl methyl sites for hydroxylation is 1. The van der Waals surface area contributed by atoms with Crippen LogP contribution in [0.5, 0.6) is 5.75 Å². The lowest BCUT2D eigenvalue weighted by Crippen LogP contribution is -2.58. The van der Waals surface area contributed by atoms with Crippen molar-refractivity contribution in [1.29, 1.82) is 0 Å². The molecule has 3 atom stereocenters. The fraction of sp³-hybridized carbons (Fsp3) is 0.531. The van der Waals surface area contributed by atoms with Crippen LogP contribution in [0.2, 0.25) is 0 Å². The summed E-state index contributed by atoms with van der Waals surface area (Å²) in [7, 11) is 0. The molecule has 0 saturated heterocycles. The van der Waals surface area contributed by atoms with Gasteiger partial charge in [0.25, 0.3) is 0 Å². The third-order valence-electron chi connectivity index (χ3n) is 7.19. The van der Waals surface area contributed by atoms with Crippen LogP contribution in [0.25, 0.3) is 0 Å². The van der Waals surface area contributed by atoms with Crippen molar-refractivity contribution in [2.75, 3.05) is 0 Å². The number of carbonyl (C=O) groups excluding carboxylic acids is 3. The van der Waals surface area contributed by atoms with Gasteiger partial charge in [-0.2, -0.15) is 0 Å². The number of amides is 3. The highest BCUT2D eigenvalue weighted by atomic mass is 16.6. The molecule has 40 heavy (non-hydrogen) atoms. The Balaban J connectivity index is 2.07. The second-order valence-electron chi connectivity index (χ2n) is 11.8. The quantitative estimate of drug-likeness (QED) is 0.339. The minimum Gasteiger partial charge on any atom is -0.507 e. The number of nitrogens with one attached hydrogen (secondary N) is 2. The van der Waals surface area contributed by atoms with Gasteiger partial charge in [0.1, 0.15) is 23.4 Å². The summed E-state index contributed by atoms with van der Waals surface area (Å²) in [6.07, 6.45) is 3.60. The molecular weight excluding hydrogens is 506 g/mol. The van der Waals surface area contributed by atoms with Crippen LogP contribution in [0.1, 0.15) is 89.5 Å². The van der Waals surface area contributed by atoms with Gasteiger partial charge in [-0.3, -0.25) is 9.59 Å². The molecule has 218 valence electrons. The Morgan fingerprint density at radius 2 is 1.73 bits per heavy atom. The van der Waals surface area contributed by atoms with E-state index in [4.69, 9.17) is 4.74 Å². The van der Waals surface area contributed by atoms with Crippen molar-refractivity contribution in [2.24, 2.45) is 0 Å². The number of aromatic hydroxyl groups is 1. The average molecular weight is 552 g/mol. The number of hydrogen-bond donors (Lipinski definition) is 3. The number of hydrogen-bond acceptors (Lipinski definition) is 5. The normalized spacial score (nSPS) is 15.8. The summed E-state index contributed by atoms with van der Waals surface area (Å²) < 4.78 is 5.50. The van der Waals surface area contributed by atoms with E-state index in [0.717, 1.165) is 37.7 Å². The lowest BCUT2D eigenvalue weighted by atomic mass is 9.87. The molecule has 1 saturated carbocycles. The Labute approximate surface area is 238 Å². The van der Waals surface area contributed by atoms with Gasteiger partial charge in [-0.05, 0) is 71.4 Å². The summed E-state index contributed by atoms with van der Waals surface area (Å²) in [6.45, 7) is 11.0. The van der Waals surface area contributed by atoms with Gasteiger partial charge in [-0.15, -0.1) is 0 Å². The predicted octanol–water partition coefficient (Wildman–Crippen LogP) is 5.56. The van der Waals surface area contributed by atoms with Crippen LogP contribution in [-0.4, -0.2) is 51.6 Å². The molecule has 0 bridgehead atoms. The molecule has 3 N–H and O–H groups in total. The van der Waals surface area contributed by atoms with Crippen molar-refractivity contribution in [3.8, 4) is 5.75 Å². The molecule has 0 radical (unpaired) electrons. The standard InChI is InChI=1S/C32H45N3O5/c1-7-13-22(3)33-29(37)27(25-19-11-14-21(2)28(25)36)35(24-17-12-18-24)30(38)26(20-23-15-9-8-10-16-23)34-31(39)40-32(4,5)6/h8-11,14-16,19,22,24,26-27,36H,7,12-13,17-18,20H2,1-6H3,(H,33,37)(H,34,39). The third kappa shape index (κ3) is 8.23. The summed E-state index contributed by atoms with van der Waals surface area (Å²) in [5, 5.41) is 17.0. The molecule has 0 aliphatic heterocycles. The van der Waals surface area contributed by atoms with Crippen LogP contribution in [-0.2, 0) is 20.7 Å².